The Morgan fingerprint density at radius 3 is 2.62 bits per heavy atom. The van der Waals surface area contributed by atoms with E-state index in [2.05, 4.69) is 10.1 Å². The summed E-state index contributed by atoms with van der Waals surface area (Å²) in [7, 11) is 1.27. The van der Waals surface area contributed by atoms with E-state index in [1.165, 1.54) is 25.3 Å². The molecular weight excluding hydrogens is 271 g/mol. The van der Waals surface area contributed by atoms with Crippen molar-refractivity contribution in [2.24, 2.45) is 0 Å². The Kier molecular flexibility index (Phi) is 4.52. The SMILES string of the molecule is COC(=O)c1ccc(F)cc1NCc1ccc(C#N)cc1. The van der Waals surface area contributed by atoms with Crippen LogP contribution in [-0.2, 0) is 11.3 Å². The van der Waals surface area contributed by atoms with Crippen LogP contribution in [0.1, 0.15) is 21.5 Å². The Labute approximate surface area is 121 Å². The third-order valence-corrected chi connectivity index (χ3v) is 2.95. The van der Waals surface area contributed by atoms with Crippen molar-refractivity contribution in [3.63, 3.8) is 0 Å². The van der Waals surface area contributed by atoms with E-state index in [0.29, 0.717) is 17.8 Å². The average Bonchev–Trinajstić information content (AvgIpc) is 2.52. The molecule has 0 bridgehead atoms. The molecule has 1 N–H and O–H groups in total. The molecule has 0 aliphatic carbocycles. The molecule has 2 aromatic carbocycles. The van der Waals surface area contributed by atoms with E-state index in [1.54, 1.807) is 24.3 Å². The third kappa shape index (κ3) is 3.57. The molecule has 0 unspecified atom stereocenters. The summed E-state index contributed by atoms with van der Waals surface area (Å²) in [6, 6.07) is 12.9. The molecule has 2 rings (SSSR count). The molecule has 0 spiro atoms. The van der Waals surface area contributed by atoms with Crippen molar-refractivity contribution >= 4 is 11.7 Å². The van der Waals surface area contributed by atoms with Crippen molar-refractivity contribution in [2.75, 3.05) is 12.4 Å². The van der Waals surface area contributed by atoms with Crippen LogP contribution in [0.25, 0.3) is 0 Å². The standard InChI is InChI=1S/C16H13FN2O2/c1-21-16(20)14-7-6-13(17)8-15(14)19-10-12-4-2-11(9-18)3-5-12/h2-8,19H,10H2,1H3. The van der Waals surface area contributed by atoms with Gasteiger partial charge in [-0.25, -0.2) is 9.18 Å². The van der Waals surface area contributed by atoms with Gasteiger partial charge in [-0.1, -0.05) is 12.1 Å². The van der Waals surface area contributed by atoms with Gasteiger partial charge in [-0.3, -0.25) is 0 Å². The Morgan fingerprint density at radius 2 is 2.00 bits per heavy atom. The van der Waals surface area contributed by atoms with Gasteiger partial charge in [0.05, 0.1) is 30.0 Å². The number of anilines is 1. The molecule has 0 fully saturated rings. The maximum Gasteiger partial charge on any atom is 0.339 e. The lowest BCUT2D eigenvalue weighted by molar-refractivity contribution is 0.0602. The summed E-state index contributed by atoms with van der Waals surface area (Å²) in [5.41, 5.74) is 2.12. The normalized spacial score (nSPS) is 9.76. The molecule has 0 aliphatic rings. The zero-order chi connectivity index (χ0) is 15.2. The van der Waals surface area contributed by atoms with Gasteiger partial charge in [0.15, 0.2) is 0 Å². The highest BCUT2D eigenvalue weighted by Gasteiger charge is 2.12. The van der Waals surface area contributed by atoms with Crippen LogP contribution in [-0.4, -0.2) is 13.1 Å². The molecule has 106 valence electrons. The minimum atomic E-state index is -0.530. The quantitative estimate of drug-likeness (QED) is 0.876. The second-order valence-electron chi connectivity index (χ2n) is 4.34. The number of ether oxygens (including phenoxy) is 1. The first-order chi connectivity index (χ1) is 10.1. The maximum absolute atomic E-state index is 13.3. The van der Waals surface area contributed by atoms with Crippen LogP contribution in [0.3, 0.4) is 0 Å². The molecule has 0 atom stereocenters. The van der Waals surface area contributed by atoms with E-state index >= 15 is 0 Å². The summed E-state index contributed by atoms with van der Waals surface area (Å²) < 4.78 is 18.0. The second kappa shape index (κ2) is 6.53. The molecule has 0 aliphatic heterocycles. The van der Waals surface area contributed by atoms with E-state index in [4.69, 9.17) is 5.26 Å². The number of halogens is 1. The van der Waals surface area contributed by atoms with Gasteiger partial charge in [0.1, 0.15) is 5.82 Å². The van der Waals surface area contributed by atoms with E-state index in [0.717, 1.165) is 5.56 Å². The van der Waals surface area contributed by atoms with Crippen LogP contribution >= 0.6 is 0 Å². The summed E-state index contributed by atoms with van der Waals surface area (Å²) in [5.74, 6) is -0.970. The molecule has 0 amide bonds. The molecule has 0 heterocycles. The van der Waals surface area contributed by atoms with E-state index in [9.17, 15) is 9.18 Å². The van der Waals surface area contributed by atoms with Gasteiger partial charge in [0, 0.05) is 6.54 Å². The topological polar surface area (TPSA) is 62.1 Å². The fraction of sp³-hybridized carbons (Fsp3) is 0.125. The molecule has 0 saturated carbocycles. The first kappa shape index (κ1) is 14.5. The Morgan fingerprint density at radius 1 is 1.29 bits per heavy atom. The minimum absolute atomic E-state index is 0.271. The zero-order valence-electron chi connectivity index (χ0n) is 11.4. The van der Waals surface area contributed by atoms with E-state index in [1.807, 2.05) is 6.07 Å². The first-order valence-corrected chi connectivity index (χ1v) is 6.25. The van der Waals surface area contributed by atoms with Gasteiger partial charge in [-0.05, 0) is 35.9 Å². The van der Waals surface area contributed by atoms with Gasteiger partial charge < -0.3 is 10.1 Å². The number of methoxy groups -OCH3 is 1. The largest absolute Gasteiger partial charge is 0.465 e. The fourth-order valence-electron chi connectivity index (χ4n) is 1.85. The number of esters is 1. The van der Waals surface area contributed by atoms with Gasteiger partial charge in [0.2, 0.25) is 0 Å². The van der Waals surface area contributed by atoms with Gasteiger partial charge in [-0.15, -0.1) is 0 Å². The van der Waals surface area contributed by atoms with Crippen LogP contribution in [0, 0.1) is 17.1 Å². The highest BCUT2D eigenvalue weighted by atomic mass is 19.1. The lowest BCUT2D eigenvalue weighted by Crippen LogP contribution is -2.08. The number of rotatable bonds is 4. The van der Waals surface area contributed by atoms with Crippen molar-refractivity contribution in [1.29, 1.82) is 5.26 Å². The summed E-state index contributed by atoms with van der Waals surface area (Å²) in [6.45, 7) is 0.402. The van der Waals surface area contributed by atoms with Crippen LogP contribution in [0.2, 0.25) is 0 Å². The Balaban J connectivity index is 2.16. The van der Waals surface area contributed by atoms with Crippen LogP contribution in [0.5, 0.6) is 0 Å². The number of benzene rings is 2. The number of carbonyl (C=O) groups is 1. The Hall–Kier alpha value is -2.87. The number of nitrogens with one attached hydrogen (secondary N) is 1. The van der Waals surface area contributed by atoms with E-state index < -0.39 is 11.8 Å². The first-order valence-electron chi connectivity index (χ1n) is 6.25. The number of nitrogens with zero attached hydrogens (tertiary/aromatic N) is 1. The second-order valence-corrected chi connectivity index (χ2v) is 4.34. The minimum Gasteiger partial charge on any atom is -0.465 e. The monoisotopic (exact) mass is 284 g/mol. The lowest BCUT2D eigenvalue weighted by Gasteiger charge is -2.11. The molecule has 2 aromatic rings. The molecule has 5 heteroatoms. The summed E-state index contributed by atoms with van der Waals surface area (Å²) >= 11 is 0. The van der Waals surface area contributed by atoms with Crippen molar-refractivity contribution < 1.29 is 13.9 Å². The van der Waals surface area contributed by atoms with Gasteiger partial charge in [-0.2, -0.15) is 5.26 Å². The van der Waals surface area contributed by atoms with Gasteiger partial charge in [0.25, 0.3) is 0 Å². The van der Waals surface area contributed by atoms with Crippen LogP contribution in [0.4, 0.5) is 10.1 Å². The lowest BCUT2D eigenvalue weighted by atomic mass is 10.1. The molecule has 0 saturated heterocycles. The molecule has 4 nitrogen and oxygen atoms in total. The molecule has 21 heavy (non-hydrogen) atoms. The highest BCUT2D eigenvalue weighted by molar-refractivity contribution is 5.95. The van der Waals surface area contributed by atoms with E-state index in [-0.39, 0.29) is 5.56 Å². The maximum atomic E-state index is 13.3. The molecular formula is C16H13FN2O2. The number of hydrogen-bond acceptors (Lipinski definition) is 4. The number of nitriles is 1. The predicted octanol–water partition coefficient (Wildman–Crippen LogP) is 3.10. The van der Waals surface area contributed by atoms with Crippen LogP contribution in [0.15, 0.2) is 42.5 Å². The number of hydrogen-bond donors (Lipinski definition) is 1. The van der Waals surface area contributed by atoms with Crippen molar-refractivity contribution in [3.05, 3.63) is 65.0 Å². The number of carbonyl (C=O) groups excluding carboxylic acids is 1. The van der Waals surface area contributed by atoms with Gasteiger partial charge >= 0.3 is 5.97 Å². The Bertz CT molecular complexity index is 690. The molecule has 0 radical (unpaired) electrons. The van der Waals surface area contributed by atoms with Crippen molar-refractivity contribution in [3.8, 4) is 6.07 Å². The third-order valence-electron chi connectivity index (χ3n) is 2.95. The predicted molar refractivity (Wildman–Crippen MR) is 76.2 cm³/mol. The van der Waals surface area contributed by atoms with Crippen molar-refractivity contribution in [1.82, 2.24) is 0 Å². The average molecular weight is 284 g/mol. The van der Waals surface area contributed by atoms with Crippen LogP contribution < -0.4 is 5.32 Å². The summed E-state index contributed by atoms with van der Waals surface area (Å²) in [4.78, 5) is 11.6. The summed E-state index contributed by atoms with van der Waals surface area (Å²) in [6.07, 6.45) is 0. The summed E-state index contributed by atoms with van der Waals surface area (Å²) in [5, 5.41) is 11.7. The highest BCUT2D eigenvalue weighted by Crippen LogP contribution is 2.19. The smallest absolute Gasteiger partial charge is 0.339 e. The zero-order valence-corrected chi connectivity index (χ0v) is 11.4. The fourth-order valence-corrected chi connectivity index (χ4v) is 1.85. The van der Waals surface area contributed by atoms with Crippen molar-refractivity contribution in [2.45, 2.75) is 6.54 Å². The molecule has 0 aromatic heterocycles.